The molecule has 3 heterocycles. The highest BCUT2D eigenvalue weighted by Gasteiger charge is 2.19. The maximum atomic E-state index is 11.9. The Kier molecular flexibility index (Phi) is 3.20. The maximum absolute atomic E-state index is 11.9. The SMILES string of the molecule is O=C1NC(c2cccs2)=CC1=Cc1ccc(Br)s1. The van der Waals surface area contributed by atoms with Gasteiger partial charge in [0.05, 0.1) is 14.4 Å². The predicted octanol–water partition coefficient (Wildman–Crippen LogP) is 4.13. The first-order valence-corrected chi connectivity index (χ1v) is 7.75. The minimum atomic E-state index is -0.0390. The van der Waals surface area contributed by atoms with Gasteiger partial charge in [-0.2, -0.15) is 0 Å². The van der Waals surface area contributed by atoms with Crippen molar-refractivity contribution < 1.29 is 4.79 Å². The number of rotatable bonds is 2. The third-order valence-electron chi connectivity index (χ3n) is 2.49. The first-order valence-electron chi connectivity index (χ1n) is 5.26. The van der Waals surface area contributed by atoms with Gasteiger partial charge < -0.3 is 5.32 Å². The molecule has 2 nitrogen and oxygen atoms in total. The summed E-state index contributed by atoms with van der Waals surface area (Å²) in [7, 11) is 0. The molecular formula is C13H8BrNOS2. The van der Waals surface area contributed by atoms with Crippen molar-refractivity contribution in [3.8, 4) is 0 Å². The van der Waals surface area contributed by atoms with E-state index in [2.05, 4.69) is 21.2 Å². The molecule has 1 aliphatic rings. The van der Waals surface area contributed by atoms with Crippen molar-refractivity contribution in [2.75, 3.05) is 0 Å². The molecule has 0 radical (unpaired) electrons. The highest BCUT2D eigenvalue weighted by atomic mass is 79.9. The molecule has 0 saturated heterocycles. The van der Waals surface area contributed by atoms with E-state index in [0.29, 0.717) is 5.57 Å². The van der Waals surface area contributed by atoms with Gasteiger partial charge in [-0.05, 0) is 51.7 Å². The maximum Gasteiger partial charge on any atom is 0.255 e. The Morgan fingerprint density at radius 3 is 2.83 bits per heavy atom. The van der Waals surface area contributed by atoms with E-state index in [4.69, 9.17) is 0 Å². The van der Waals surface area contributed by atoms with Crippen LogP contribution in [0.25, 0.3) is 11.8 Å². The van der Waals surface area contributed by atoms with Gasteiger partial charge in [-0.15, -0.1) is 22.7 Å². The molecule has 2 aromatic heterocycles. The predicted molar refractivity (Wildman–Crippen MR) is 80.4 cm³/mol. The van der Waals surface area contributed by atoms with Crippen LogP contribution in [-0.2, 0) is 4.79 Å². The molecule has 0 atom stereocenters. The van der Waals surface area contributed by atoms with Crippen LogP contribution in [0.15, 0.2) is 45.1 Å². The molecule has 0 aromatic carbocycles. The average Bonchev–Trinajstić information content (AvgIpc) is 3.02. The van der Waals surface area contributed by atoms with Gasteiger partial charge in [0.15, 0.2) is 0 Å². The van der Waals surface area contributed by atoms with Crippen LogP contribution in [0.5, 0.6) is 0 Å². The molecule has 90 valence electrons. The molecule has 0 bridgehead atoms. The smallest absolute Gasteiger partial charge is 0.255 e. The summed E-state index contributed by atoms with van der Waals surface area (Å²) in [4.78, 5) is 14.0. The van der Waals surface area contributed by atoms with Crippen LogP contribution in [0.3, 0.4) is 0 Å². The minimum Gasteiger partial charge on any atom is -0.321 e. The number of amides is 1. The lowest BCUT2D eigenvalue weighted by atomic mass is 10.2. The number of nitrogens with one attached hydrogen (secondary N) is 1. The molecule has 18 heavy (non-hydrogen) atoms. The molecule has 0 saturated carbocycles. The van der Waals surface area contributed by atoms with Gasteiger partial charge in [0, 0.05) is 10.5 Å². The van der Waals surface area contributed by atoms with Crippen molar-refractivity contribution in [1.82, 2.24) is 5.32 Å². The molecule has 0 aliphatic carbocycles. The fourth-order valence-electron chi connectivity index (χ4n) is 1.68. The average molecular weight is 338 g/mol. The summed E-state index contributed by atoms with van der Waals surface area (Å²) in [5.74, 6) is -0.0390. The second-order valence-corrected chi connectivity index (χ2v) is 7.17. The van der Waals surface area contributed by atoms with Crippen LogP contribution in [0, 0.1) is 0 Å². The van der Waals surface area contributed by atoms with Gasteiger partial charge in [0.25, 0.3) is 5.91 Å². The molecule has 3 rings (SSSR count). The van der Waals surface area contributed by atoms with Crippen molar-refractivity contribution >= 4 is 56.3 Å². The van der Waals surface area contributed by atoms with Gasteiger partial charge in [0.2, 0.25) is 0 Å². The number of halogens is 1. The summed E-state index contributed by atoms with van der Waals surface area (Å²) in [6, 6.07) is 7.95. The van der Waals surface area contributed by atoms with E-state index in [0.717, 1.165) is 19.2 Å². The minimum absolute atomic E-state index is 0.0390. The summed E-state index contributed by atoms with van der Waals surface area (Å²) in [6.45, 7) is 0. The van der Waals surface area contributed by atoms with Crippen molar-refractivity contribution in [2.24, 2.45) is 0 Å². The van der Waals surface area contributed by atoms with E-state index in [9.17, 15) is 4.79 Å². The van der Waals surface area contributed by atoms with E-state index in [-0.39, 0.29) is 5.91 Å². The number of carbonyl (C=O) groups excluding carboxylic acids is 1. The van der Waals surface area contributed by atoms with Crippen LogP contribution in [0.4, 0.5) is 0 Å². The highest BCUT2D eigenvalue weighted by Crippen LogP contribution is 2.28. The molecule has 0 fully saturated rings. The summed E-state index contributed by atoms with van der Waals surface area (Å²) >= 11 is 6.64. The fourth-order valence-corrected chi connectivity index (χ4v) is 3.76. The molecule has 0 unspecified atom stereocenters. The molecule has 5 heteroatoms. The van der Waals surface area contributed by atoms with Crippen LogP contribution < -0.4 is 5.32 Å². The number of hydrogen-bond acceptors (Lipinski definition) is 3. The van der Waals surface area contributed by atoms with Gasteiger partial charge in [0.1, 0.15) is 0 Å². The zero-order chi connectivity index (χ0) is 12.5. The Morgan fingerprint density at radius 2 is 2.17 bits per heavy atom. The van der Waals surface area contributed by atoms with Crippen molar-refractivity contribution in [3.05, 3.63) is 54.8 Å². The van der Waals surface area contributed by atoms with Crippen LogP contribution >= 0.6 is 38.6 Å². The lowest BCUT2D eigenvalue weighted by Gasteiger charge is -1.96. The number of hydrogen-bond donors (Lipinski definition) is 1. The Labute approximate surface area is 121 Å². The van der Waals surface area contributed by atoms with Gasteiger partial charge in [-0.3, -0.25) is 4.79 Å². The summed E-state index contributed by atoms with van der Waals surface area (Å²) in [5, 5.41) is 4.89. The highest BCUT2D eigenvalue weighted by molar-refractivity contribution is 9.11. The molecule has 0 spiro atoms. The molecule has 2 aromatic rings. The van der Waals surface area contributed by atoms with E-state index >= 15 is 0 Å². The Hall–Kier alpha value is -1.17. The zero-order valence-corrected chi connectivity index (χ0v) is 12.4. The van der Waals surface area contributed by atoms with E-state index in [1.54, 1.807) is 22.7 Å². The Morgan fingerprint density at radius 1 is 1.28 bits per heavy atom. The number of thiophene rings is 2. The van der Waals surface area contributed by atoms with E-state index in [1.807, 2.05) is 41.8 Å². The molecule has 1 N–H and O–H groups in total. The second kappa shape index (κ2) is 4.84. The quantitative estimate of drug-likeness (QED) is 0.820. The van der Waals surface area contributed by atoms with Crippen molar-refractivity contribution in [3.63, 3.8) is 0 Å². The van der Waals surface area contributed by atoms with Crippen LogP contribution in [0.1, 0.15) is 9.75 Å². The molecule has 1 aliphatic heterocycles. The summed E-state index contributed by atoms with van der Waals surface area (Å²) in [6.07, 6.45) is 3.81. The van der Waals surface area contributed by atoms with Gasteiger partial charge in [-0.1, -0.05) is 6.07 Å². The van der Waals surface area contributed by atoms with Gasteiger partial charge in [-0.25, -0.2) is 0 Å². The third kappa shape index (κ3) is 2.34. The summed E-state index contributed by atoms with van der Waals surface area (Å²) < 4.78 is 1.07. The number of carbonyl (C=O) groups is 1. The second-order valence-electron chi connectivity index (χ2n) is 3.73. The van der Waals surface area contributed by atoms with Gasteiger partial charge >= 0.3 is 0 Å². The summed E-state index contributed by atoms with van der Waals surface area (Å²) in [5.41, 5.74) is 1.59. The normalized spacial score (nSPS) is 17.1. The topological polar surface area (TPSA) is 29.1 Å². The standard InChI is InChI=1S/C13H8BrNOS2/c14-12-4-3-9(18-12)6-8-7-10(15-13(8)16)11-2-1-5-17-11/h1-7H,(H,15,16). The monoisotopic (exact) mass is 337 g/mol. The van der Waals surface area contributed by atoms with Crippen LogP contribution in [-0.4, -0.2) is 5.91 Å². The molecule has 1 amide bonds. The largest absolute Gasteiger partial charge is 0.321 e. The van der Waals surface area contributed by atoms with Crippen molar-refractivity contribution in [1.29, 1.82) is 0 Å². The lowest BCUT2D eigenvalue weighted by molar-refractivity contribution is -0.115. The van der Waals surface area contributed by atoms with Crippen molar-refractivity contribution in [2.45, 2.75) is 0 Å². The third-order valence-corrected chi connectivity index (χ3v) is 4.96. The van der Waals surface area contributed by atoms with E-state index in [1.165, 1.54) is 0 Å². The van der Waals surface area contributed by atoms with Crippen LogP contribution in [0.2, 0.25) is 0 Å². The van der Waals surface area contributed by atoms with E-state index < -0.39 is 0 Å². The first kappa shape index (κ1) is 11.9. The molecular weight excluding hydrogens is 330 g/mol. The fraction of sp³-hybridized carbons (Fsp3) is 0. The Balaban J connectivity index is 1.94. The zero-order valence-electron chi connectivity index (χ0n) is 9.14. The first-order chi connectivity index (χ1) is 8.72. The Bertz CT molecular complexity index is 652. The lowest BCUT2D eigenvalue weighted by Crippen LogP contribution is -2.15.